The number of aryl methyl sites for hydroxylation is 2. The zero-order valence-electron chi connectivity index (χ0n) is 19.6. The van der Waals surface area contributed by atoms with Gasteiger partial charge in [-0.1, -0.05) is 77.9 Å². The van der Waals surface area contributed by atoms with Crippen LogP contribution in [-0.2, 0) is 22.6 Å². The predicted octanol–water partition coefficient (Wildman–Crippen LogP) is 5.17. The molecule has 0 saturated heterocycles. The van der Waals surface area contributed by atoms with Crippen LogP contribution in [0.25, 0.3) is 0 Å². The number of carbonyl (C=O) groups excluding carboxylic acids is 2. The van der Waals surface area contributed by atoms with Gasteiger partial charge in [0.1, 0.15) is 6.04 Å². The van der Waals surface area contributed by atoms with E-state index in [-0.39, 0.29) is 11.8 Å². The van der Waals surface area contributed by atoms with Gasteiger partial charge in [-0.15, -0.1) is 11.8 Å². The molecule has 0 aliphatic carbocycles. The Labute approximate surface area is 201 Å². The van der Waals surface area contributed by atoms with E-state index >= 15 is 0 Å². The standard InChI is InChI=1S/C28H32N2O2S/c1-21-12-14-25(15-13-21)33-17-16-27(31)30(20-24-11-7-8-22(2)18-24)26(28(32)29-3)19-23-9-5-4-6-10-23/h4-15,18,26H,16-17,19-20H2,1-3H3,(H,29,32)/t26-/m0/s1. The van der Waals surface area contributed by atoms with Gasteiger partial charge >= 0.3 is 0 Å². The summed E-state index contributed by atoms with van der Waals surface area (Å²) in [5.74, 6) is 0.504. The number of rotatable bonds is 10. The van der Waals surface area contributed by atoms with Crippen LogP contribution in [0.1, 0.15) is 28.7 Å². The molecular weight excluding hydrogens is 428 g/mol. The lowest BCUT2D eigenvalue weighted by Gasteiger charge is -2.31. The molecule has 33 heavy (non-hydrogen) atoms. The summed E-state index contributed by atoms with van der Waals surface area (Å²) in [4.78, 5) is 29.3. The maximum absolute atomic E-state index is 13.5. The van der Waals surface area contributed by atoms with Crippen molar-refractivity contribution in [2.45, 2.75) is 44.2 Å². The Morgan fingerprint density at radius 3 is 2.24 bits per heavy atom. The van der Waals surface area contributed by atoms with Gasteiger partial charge in [-0.05, 0) is 37.1 Å². The monoisotopic (exact) mass is 460 g/mol. The van der Waals surface area contributed by atoms with E-state index in [1.807, 2.05) is 55.5 Å². The molecule has 0 heterocycles. The molecule has 4 nitrogen and oxygen atoms in total. The Morgan fingerprint density at radius 2 is 1.58 bits per heavy atom. The van der Waals surface area contributed by atoms with Crippen molar-refractivity contribution < 1.29 is 9.59 Å². The van der Waals surface area contributed by atoms with Crippen molar-refractivity contribution >= 4 is 23.6 Å². The maximum Gasteiger partial charge on any atom is 0.242 e. The van der Waals surface area contributed by atoms with Crippen molar-refractivity contribution in [1.29, 1.82) is 0 Å². The van der Waals surface area contributed by atoms with Crippen LogP contribution in [-0.4, -0.2) is 35.6 Å². The van der Waals surface area contributed by atoms with Crippen molar-refractivity contribution in [1.82, 2.24) is 10.2 Å². The summed E-state index contributed by atoms with van der Waals surface area (Å²) in [7, 11) is 1.63. The fourth-order valence-electron chi connectivity index (χ4n) is 3.76. The Balaban J connectivity index is 1.80. The van der Waals surface area contributed by atoms with Gasteiger partial charge in [-0.25, -0.2) is 0 Å². The van der Waals surface area contributed by atoms with Gasteiger partial charge in [-0.2, -0.15) is 0 Å². The fraction of sp³-hybridized carbons (Fsp3) is 0.286. The lowest BCUT2D eigenvalue weighted by atomic mass is 10.0. The lowest BCUT2D eigenvalue weighted by molar-refractivity contribution is -0.140. The van der Waals surface area contributed by atoms with E-state index in [4.69, 9.17) is 0 Å². The highest BCUT2D eigenvalue weighted by atomic mass is 32.2. The van der Waals surface area contributed by atoms with E-state index in [0.29, 0.717) is 25.1 Å². The number of hydrogen-bond donors (Lipinski definition) is 1. The van der Waals surface area contributed by atoms with Crippen LogP contribution >= 0.6 is 11.8 Å². The Bertz CT molecular complexity index is 1050. The summed E-state index contributed by atoms with van der Waals surface area (Å²) < 4.78 is 0. The summed E-state index contributed by atoms with van der Waals surface area (Å²) in [6.07, 6.45) is 0.843. The van der Waals surface area contributed by atoms with Crippen molar-refractivity contribution in [3.05, 3.63) is 101 Å². The molecule has 3 rings (SSSR count). The highest BCUT2D eigenvalue weighted by Gasteiger charge is 2.29. The molecule has 0 aliphatic heterocycles. The number of nitrogens with one attached hydrogen (secondary N) is 1. The lowest BCUT2D eigenvalue weighted by Crippen LogP contribution is -2.49. The van der Waals surface area contributed by atoms with Gasteiger partial charge in [0.2, 0.25) is 11.8 Å². The van der Waals surface area contributed by atoms with Gasteiger partial charge in [0.15, 0.2) is 0 Å². The van der Waals surface area contributed by atoms with Crippen molar-refractivity contribution in [2.75, 3.05) is 12.8 Å². The van der Waals surface area contributed by atoms with Gasteiger partial charge in [0.25, 0.3) is 0 Å². The van der Waals surface area contributed by atoms with E-state index in [2.05, 4.69) is 42.6 Å². The average molecular weight is 461 g/mol. The smallest absolute Gasteiger partial charge is 0.242 e. The number of benzene rings is 3. The third kappa shape index (κ3) is 7.50. The van der Waals surface area contributed by atoms with Gasteiger partial charge < -0.3 is 10.2 Å². The second-order valence-electron chi connectivity index (χ2n) is 8.24. The quantitative estimate of drug-likeness (QED) is 0.425. The van der Waals surface area contributed by atoms with Gasteiger partial charge in [0, 0.05) is 37.1 Å². The first-order valence-electron chi connectivity index (χ1n) is 11.3. The predicted molar refractivity (Wildman–Crippen MR) is 136 cm³/mol. The summed E-state index contributed by atoms with van der Waals surface area (Å²) >= 11 is 1.67. The fourth-order valence-corrected chi connectivity index (χ4v) is 4.60. The molecule has 1 N–H and O–H groups in total. The molecule has 0 radical (unpaired) electrons. The largest absolute Gasteiger partial charge is 0.357 e. The zero-order chi connectivity index (χ0) is 23.6. The maximum atomic E-state index is 13.5. The Hall–Kier alpha value is -3.05. The summed E-state index contributed by atoms with van der Waals surface area (Å²) in [5.41, 5.74) is 4.40. The minimum atomic E-state index is -0.574. The Kier molecular flexibility index (Phi) is 9.14. The highest BCUT2D eigenvalue weighted by Crippen LogP contribution is 2.21. The van der Waals surface area contributed by atoms with Gasteiger partial charge in [-0.3, -0.25) is 9.59 Å². The Morgan fingerprint density at radius 1 is 0.879 bits per heavy atom. The molecule has 5 heteroatoms. The number of carbonyl (C=O) groups is 2. The van der Waals surface area contributed by atoms with E-state index in [0.717, 1.165) is 21.6 Å². The molecule has 0 aromatic heterocycles. The molecule has 0 saturated carbocycles. The van der Waals surface area contributed by atoms with Crippen LogP contribution in [0.3, 0.4) is 0 Å². The topological polar surface area (TPSA) is 49.4 Å². The molecule has 0 bridgehead atoms. The number of nitrogens with zero attached hydrogens (tertiary/aromatic N) is 1. The minimum Gasteiger partial charge on any atom is -0.357 e. The van der Waals surface area contributed by atoms with Crippen LogP contribution < -0.4 is 5.32 Å². The van der Waals surface area contributed by atoms with Crippen molar-refractivity contribution in [3.8, 4) is 0 Å². The van der Waals surface area contributed by atoms with Crippen molar-refractivity contribution in [3.63, 3.8) is 0 Å². The molecule has 3 aromatic rings. The van der Waals surface area contributed by atoms with E-state index < -0.39 is 6.04 Å². The summed E-state index contributed by atoms with van der Waals surface area (Å²) in [5, 5.41) is 2.77. The number of hydrogen-bond acceptors (Lipinski definition) is 3. The van der Waals surface area contributed by atoms with E-state index in [1.165, 1.54) is 5.56 Å². The third-order valence-corrected chi connectivity index (χ3v) is 6.57. The number of thioether (sulfide) groups is 1. The first-order valence-corrected chi connectivity index (χ1v) is 12.2. The highest BCUT2D eigenvalue weighted by molar-refractivity contribution is 7.99. The molecule has 3 aromatic carbocycles. The molecule has 0 fully saturated rings. The van der Waals surface area contributed by atoms with Crippen molar-refractivity contribution in [2.24, 2.45) is 0 Å². The van der Waals surface area contributed by atoms with Crippen LogP contribution in [0, 0.1) is 13.8 Å². The molecular formula is C28H32N2O2S. The minimum absolute atomic E-state index is 0.0133. The molecule has 0 unspecified atom stereocenters. The molecule has 2 amide bonds. The summed E-state index contributed by atoms with van der Waals surface area (Å²) in [6.45, 7) is 4.50. The first-order chi connectivity index (χ1) is 16.0. The molecule has 0 spiro atoms. The molecule has 172 valence electrons. The number of likely N-dealkylation sites (N-methyl/N-ethyl adjacent to an activating group) is 1. The van der Waals surface area contributed by atoms with E-state index in [1.54, 1.807) is 23.7 Å². The van der Waals surface area contributed by atoms with Crippen LogP contribution in [0.2, 0.25) is 0 Å². The first kappa shape index (κ1) is 24.6. The third-order valence-electron chi connectivity index (χ3n) is 5.56. The average Bonchev–Trinajstić information content (AvgIpc) is 2.82. The molecule has 1 atom stereocenters. The summed E-state index contributed by atoms with van der Waals surface area (Å²) in [6, 6.07) is 25.7. The molecule has 0 aliphatic rings. The number of amides is 2. The van der Waals surface area contributed by atoms with E-state index in [9.17, 15) is 9.59 Å². The SMILES string of the molecule is CNC(=O)[C@H](Cc1ccccc1)N(Cc1cccc(C)c1)C(=O)CCSc1ccc(C)cc1. The van der Waals surface area contributed by atoms with Gasteiger partial charge in [0.05, 0.1) is 0 Å². The second-order valence-corrected chi connectivity index (χ2v) is 9.41. The zero-order valence-corrected chi connectivity index (χ0v) is 20.4. The van der Waals surface area contributed by atoms with Crippen LogP contribution in [0.5, 0.6) is 0 Å². The second kappa shape index (κ2) is 12.3. The van der Waals surface area contributed by atoms with Crippen LogP contribution in [0.15, 0.2) is 83.8 Å². The van der Waals surface area contributed by atoms with Crippen LogP contribution in [0.4, 0.5) is 0 Å². The normalized spacial score (nSPS) is 11.6.